The summed E-state index contributed by atoms with van der Waals surface area (Å²) in [6.45, 7) is 1.99. The number of hydrogen-bond donors (Lipinski definition) is 2. The van der Waals surface area contributed by atoms with Crippen LogP contribution in [0.5, 0.6) is 0 Å². The molecule has 26 heavy (non-hydrogen) atoms. The second-order valence-corrected chi connectivity index (χ2v) is 6.36. The molecule has 0 aliphatic carbocycles. The Labute approximate surface area is 158 Å². The number of carbonyl (C=O) groups is 2. The quantitative estimate of drug-likeness (QED) is 0.697. The summed E-state index contributed by atoms with van der Waals surface area (Å²) in [5, 5.41) is 6.49. The molecule has 0 spiro atoms. The number of methoxy groups -OCH3 is 1. The second-order valence-electron chi connectivity index (χ2n) is 5.96. The molecule has 0 aliphatic heterocycles. The molecule has 0 heterocycles. The summed E-state index contributed by atoms with van der Waals surface area (Å²) < 4.78 is 4.80. The summed E-state index contributed by atoms with van der Waals surface area (Å²) in [5.74, 6) is -0.753. The first-order valence-corrected chi connectivity index (χ1v) is 8.78. The zero-order valence-corrected chi connectivity index (χ0v) is 15.6. The molecule has 2 atom stereocenters. The minimum absolute atomic E-state index is 0.0642. The number of benzene rings is 2. The van der Waals surface area contributed by atoms with Crippen molar-refractivity contribution < 1.29 is 14.3 Å². The topological polar surface area (TPSA) is 67.4 Å². The van der Waals surface area contributed by atoms with Gasteiger partial charge in [0.05, 0.1) is 13.7 Å². The van der Waals surface area contributed by atoms with Crippen molar-refractivity contribution in [2.24, 2.45) is 0 Å². The Balaban J connectivity index is 1.92. The summed E-state index contributed by atoms with van der Waals surface area (Å²) in [6.07, 6.45) is 0.374. The molecule has 2 aromatic carbocycles. The Morgan fingerprint density at radius 2 is 1.73 bits per heavy atom. The van der Waals surface area contributed by atoms with E-state index in [1.54, 1.807) is 0 Å². The molecule has 2 unspecified atom stereocenters. The average molecular weight is 375 g/mol. The molecule has 0 radical (unpaired) electrons. The average Bonchev–Trinajstić information content (AvgIpc) is 2.66. The predicted octanol–water partition coefficient (Wildman–Crippen LogP) is 2.89. The van der Waals surface area contributed by atoms with Crippen LogP contribution in [0.2, 0.25) is 5.02 Å². The van der Waals surface area contributed by atoms with E-state index in [-0.39, 0.29) is 18.5 Å². The van der Waals surface area contributed by atoms with Crippen LogP contribution in [0.3, 0.4) is 0 Å². The number of halogens is 1. The first kappa shape index (κ1) is 19.9. The van der Waals surface area contributed by atoms with Crippen molar-refractivity contribution in [2.45, 2.75) is 25.4 Å². The van der Waals surface area contributed by atoms with Crippen molar-refractivity contribution in [1.29, 1.82) is 0 Å². The lowest BCUT2D eigenvalue weighted by Gasteiger charge is -2.19. The van der Waals surface area contributed by atoms with Crippen LogP contribution in [0.1, 0.15) is 24.1 Å². The summed E-state index contributed by atoms with van der Waals surface area (Å²) in [6, 6.07) is 16.1. The van der Waals surface area contributed by atoms with Gasteiger partial charge in [0.25, 0.3) is 0 Å². The molecule has 0 saturated carbocycles. The predicted molar refractivity (Wildman–Crippen MR) is 102 cm³/mol. The molecule has 138 valence electrons. The van der Waals surface area contributed by atoms with Gasteiger partial charge in [-0.25, -0.2) is 4.79 Å². The molecule has 1 amide bonds. The Hall–Kier alpha value is -2.37. The highest BCUT2D eigenvalue weighted by Gasteiger charge is 2.22. The van der Waals surface area contributed by atoms with E-state index < -0.39 is 12.0 Å². The van der Waals surface area contributed by atoms with Crippen LogP contribution < -0.4 is 10.6 Å². The maximum absolute atomic E-state index is 12.3. The number of carbonyl (C=O) groups excluding carboxylic acids is 2. The minimum atomic E-state index is -0.729. The molecule has 0 aromatic heterocycles. The van der Waals surface area contributed by atoms with Gasteiger partial charge >= 0.3 is 5.97 Å². The van der Waals surface area contributed by atoms with E-state index in [2.05, 4.69) is 10.6 Å². The lowest BCUT2D eigenvalue weighted by molar-refractivity contribution is -0.144. The number of ether oxygens (including phenoxy) is 1. The van der Waals surface area contributed by atoms with Crippen LogP contribution in [0, 0.1) is 0 Å². The molecular weight excluding hydrogens is 352 g/mol. The number of hydrogen-bond acceptors (Lipinski definition) is 4. The van der Waals surface area contributed by atoms with Crippen molar-refractivity contribution in [3.05, 3.63) is 70.7 Å². The first-order valence-electron chi connectivity index (χ1n) is 8.40. The lowest BCUT2D eigenvalue weighted by atomic mass is 10.1. The molecule has 2 aromatic rings. The highest BCUT2D eigenvalue weighted by atomic mass is 35.5. The largest absolute Gasteiger partial charge is 0.467 e. The molecule has 2 rings (SSSR count). The Kier molecular flexibility index (Phi) is 7.63. The van der Waals surface area contributed by atoms with Gasteiger partial charge in [-0.15, -0.1) is 0 Å². The Bertz CT molecular complexity index is 737. The molecule has 0 aliphatic rings. The minimum Gasteiger partial charge on any atom is -0.467 e. The monoisotopic (exact) mass is 374 g/mol. The van der Waals surface area contributed by atoms with Crippen molar-refractivity contribution in [1.82, 2.24) is 10.6 Å². The van der Waals surface area contributed by atoms with Gasteiger partial charge in [0.15, 0.2) is 0 Å². The molecule has 0 fully saturated rings. The molecule has 0 bridgehead atoms. The van der Waals surface area contributed by atoms with Crippen molar-refractivity contribution >= 4 is 23.5 Å². The van der Waals surface area contributed by atoms with Crippen LogP contribution in [0.25, 0.3) is 0 Å². The summed E-state index contributed by atoms with van der Waals surface area (Å²) >= 11 is 6.17. The molecule has 0 saturated heterocycles. The van der Waals surface area contributed by atoms with Crippen LogP contribution in [0.15, 0.2) is 54.6 Å². The van der Waals surface area contributed by atoms with Crippen LogP contribution in [-0.2, 0) is 20.7 Å². The zero-order valence-electron chi connectivity index (χ0n) is 14.9. The summed E-state index contributed by atoms with van der Waals surface area (Å²) in [7, 11) is 1.31. The number of esters is 1. The molecule has 2 N–H and O–H groups in total. The molecule has 5 nitrogen and oxygen atoms in total. The summed E-state index contributed by atoms with van der Waals surface area (Å²) in [4.78, 5) is 24.3. The molecular formula is C20H23ClN2O3. The van der Waals surface area contributed by atoms with Crippen molar-refractivity contribution in [2.75, 3.05) is 13.7 Å². The second kappa shape index (κ2) is 9.94. The third kappa shape index (κ3) is 5.86. The van der Waals surface area contributed by atoms with Crippen molar-refractivity contribution in [3.63, 3.8) is 0 Å². The standard InChI is InChI=1S/C20H23ClN2O3/c1-14(16-10-6-7-11-17(16)21)22-13-19(24)23-18(20(25)26-2)12-15-8-4-3-5-9-15/h3-11,14,18,22H,12-13H2,1-2H3,(H,23,24). The Morgan fingerprint density at radius 3 is 2.38 bits per heavy atom. The fraction of sp³-hybridized carbons (Fsp3) is 0.300. The van der Waals surface area contributed by atoms with Gasteiger partial charge in [0.1, 0.15) is 6.04 Å². The lowest BCUT2D eigenvalue weighted by Crippen LogP contribution is -2.46. The van der Waals surface area contributed by atoms with Gasteiger partial charge in [-0.2, -0.15) is 0 Å². The fourth-order valence-electron chi connectivity index (χ4n) is 2.61. The maximum Gasteiger partial charge on any atom is 0.328 e. The molecule has 6 heteroatoms. The van der Waals surface area contributed by atoms with Crippen LogP contribution in [-0.4, -0.2) is 31.6 Å². The van der Waals surface area contributed by atoms with E-state index in [0.717, 1.165) is 11.1 Å². The maximum atomic E-state index is 12.3. The van der Waals surface area contributed by atoms with E-state index in [4.69, 9.17) is 16.3 Å². The number of amides is 1. The van der Waals surface area contributed by atoms with E-state index in [9.17, 15) is 9.59 Å². The number of nitrogens with one attached hydrogen (secondary N) is 2. The zero-order chi connectivity index (χ0) is 18.9. The van der Waals surface area contributed by atoms with Gasteiger partial charge < -0.3 is 15.4 Å². The first-order chi connectivity index (χ1) is 12.5. The third-order valence-electron chi connectivity index (χ3n) is 4.04. The number of rotatable bonds is 8. The van der Waals surface area contributed by atoms with E-state index in [1.807, 2.05) is 61.5 Å². The van der Waals surface area contributed by atoms with E-state index in [0.29, 0.717) is 11.4 Å². The summed E-state index contributed by atoms with van der Waals surface area (Å²) in [5.41, 5.74) is 1.86. The highest BCUT2D eigenvalue weighted by molar-refractivity contribution is 6.31. The van der Waals surface area contributed by atoms with Gasteiger partial charge in [-0.1, -0.05) is 60.1 Å². The Morgan fingerprint density at radius 1 is 1.08 bits per heavy atom. The van der Waals surface area contributed by atoms with Gasteiger partial charge in [0, 0.05) is 17.5 Å². The van der Waals surface area contributed by atoms with Gasteiger partial charge in [0.2, 0.25) is 5.91 Å². The van der Waals surface area contributed by atoms with E-state index >= 15 is 0 Å². The normalized spacial score (nSPS) is 12.9. The smallest absolute Gasteiger partial charge is 0.328 e. The van der Waals surface area contributed by atoms with Gasteiger partial charge in [-0.05, 0) is 24.1 Å². The fourth-order valence-corrected chi connectivity index (χ4v) is 2.91. The van der Waals surface area contributed by atoms with Crippen LogP contribution >= 0.6 is 11.6 Å². The van der Waals surface area contributed by atoms with Gasteiger partial charge in [-0.3, -0.25) is 4.79 Å². The van der Waals surface area contributed by atoms with Crippen LogP contribution in [0.4, 0.5) is 0 Å². The third-order valence-corrected chi connectivity index (χ3v) is 4.39. The highest BCUT2D eigenvalue weighted by Crippen LogP contribution is 2.21. The van der Waals surface area contributed by atoms with E-state index in [1.165, 1.54) is 7.11 Å². The SMILES string of the molecule is COC(=O)C(Cc1ccccc1)NC(=O)CNC(C)c1ccccc1Cl. The van der Waals surface area contributed by atoms with Crippen molar-refractivity contribution in [3.8, 4) is 0 Å².